The van der Waals surface area contributed by atoms with E-state index in [1.807, 2.05) is 0 Å². The first-order valence-electron chi connectivity index (χ1n) is 9.55. The minimum atomic E-state index is -0.241. The lowest BCUT2D eigenvalue weighted by Gasteiger charge is -2.58. The molecule has 4 heteroatoms. The Morgan fingerprint density at radius 1 is 1.12 bits per heavy atom. The topological polar surface area (TPSA) is 76.8 Å². The van der Waals surface area contributed by atoms with Crippen molar-refractivity contribution < 1.29 is 14.9 Å². The van der Waals surface area contributed by atoms with E-state index in [1.165, 1.54) is 0 Å². The summed E-state index contributed by atoms with van der Waals surface area (Å²) >= 11 is 0. The Kier molecular flexibility index (Phi) is 2.77. The summed E-state index contributed by atoms with van der Waals surface area (Å²) in [4.78, 5) is 0. The molecule has 130 valence electrons. The van der Waals surface area contributed by atoms with Gasteiger partial charge in [-0.15, -0.1) is 0 Å². The minimum Gasteiger partial charge on any atom is -0.508 e. The molecule has 1 aliphatic heterocycles. The highest BCUT2D eigenvalue weighted by molar-refractivity contribution is 5.41. The molecule has 4 nitrogen and oxygen atoms in total. The summed E-state index contributed by atoms with van der Waals surface area (Å²) in [5.74, 6) is 1.96. The molecule has 0 bridgehead atoms. The van der Waals surface area contributed by atoms with E-state index in [2.05, 4.69) is 19.9 Å². The molecule has 5 rings (SSSR count). The fraction of sp³-hybridized carbons (Fsp3) is 0.850. The molecule has 1 heterocycles. The zero-order valence-electron chi connectivity index (χ0n) is 14.6. The van der Waals surface area contributed by atoms with Crippen LogP contribution in [0.5, 0.6) is 0 Å². The van der Waals surface area contributed by atoms with E-state index in [4.69, 9.17) is 4.74 Å². The fourth-order valence-corrected chi connectivity index (χ4v) is 7.50. The molecule has 0 aromatic carbocycles. The third-order valence-corrected chi connectivity index (χ3v) is 8.95. The maximum atomic E-state index is 10.5. The van der Waals surface area contributed by atoms with Crippen molar-refractivity contribution in [1.29, 1.82) is 5.26 Å². The average Bonchev–Trinajstić information content (AvgIpc) is 3.23. The molecular weight excluding hydrogens is 302 g/mol. The molecule has 8 atom stereocenters. The molecule has 0 aromatic rings. The van der Waals surface area contributed by atoms with Gasteiger partial charge in [0, 0.05) is 5.41 Å². The van der Waals surface area contributed by atoms with Gasteiger partial charge in [-0.1, -0.05) is 13.8 Å². The fourth-order valence-electron chi connectivity index (χ4n) is 7.50. The smallest absolute Gasteiger partial charge is 0.146 e. The quantitative estimate of drug-likeness (QED) is 0.667. The summed E-state index contributed by atoms with van der Waals surface area (Å²) < 4.78 is 6.11. The highest BCUT2D eigenvalue weighted by Crippen LogP contribution is 2.73. The normalized spacial score (nSPS) is 58.2. The molecular formula is C20H27NO3. The first kappa shape index (κ1) is 15.2. The van der Waals surface area contributed by atoms with Crippen LogP contribution in [0.2, 0.25) is 0 Å². The van der Waals surface area contributed by atoms with E-state index in [1.54, 1.807) is 0 Å². The Bertz CT molecular complexity index is 681. The zero-order valence-corrected chi connectivity index (χ0v) is 14.6. The first-order chi connectivity index (χ1) is 11.4. The Morgan fingerprint density at radius 2 is 1.92 bits per heavy atom. The van der Waals surface area contributed by atoms with Crippen LogP contribution in [-0.4, -0.2) is 28.0 Å². The predicted molar refractivity (Wildman–Crippen MR) is 87.9 cm³/mol. The van der Waals surface area contributed by atoms with Gasteiger partial charge in [0.15, 0.2) is 0 Å². The van der Waals surface area contributed by atoms with Gasteiger partial charge in [-0.05, 0) is 68.1 Å². The number of nitriles is 1. The van der Waals surface area contributed by atoms with Gasteiger partial charge in [0.25, 0.3) is 0 Å². The van der Waals surface area contributed by atoms with Crippen molar-refractivity contribution in [2.24, 2.45) is 28.6 Å². The van der Waals surface area contributed by atoms with E-state index in [9.17, 15) is 15.5 Å². The van der Waals surface area contributed by atoms with Crippen molar-refractivity contribution >= 4 is 0 Å². The number of hydrogen-bond acceptors (Lipinski definition) is 4. The van der Waals surface area contributed by atoms with Gasteiger partial charge in [-0.25, -0.2) is 0 Å². The van der Waals surface area contributed by atoms with Crippen molar-refractivity contribution in [3.63, 3.8) is 0 Å². The SMILES string of the molecule is C[C@]12CCC3C(CC[C@@]45OC4C(O)=C(C#N)C[C@]35C)C1CCC2O. The average molecular weight is 329 g/mol. The third kappa shape index (κ3) is 1.48. The monoisotopic (exact) mass is 329 g/mol. The standard InChI is InChI=1S/C20H27NO3/c1-18-7-6-14-12(13(18)3-4-15(18)22)5-8-20-17(24-20)16(23)11(10-21)9-19(14,20)2/h12-15,17,22-23H,3-9H2,1-2H3/t12?,13?,14?,15?,17?,18-,19+,20+/m0/s1. The van der Waals surface area contributed by atoms with Crippen LogP contribution in [0.3, 0.4) is 0 Å². The van der Waals surface area contributed by atoms with Crippen LogP contribution in [0.25, 0.3) is 0 Å². The van der Waals surface area contributed by atoms with E-state index in [0.717, 1.165) is 38.5 Å². The summed E-state index contributed by atoms with van der Waals surface area (Å²) in [5.41, 5.74) is 0.336. The van der Waals surface area contributed by atoms with E-state index in [0.29, 0.717) is 29.7 Å². The zero-order chi connectivity index (χ0) is 16.9. The molecule has 0 amide bonds. The second kappa shape index (κ2) is 4.37. The van der Waals surface area contributed by atoms with Crippen molar-refractivity contribution in [3.05, 3.63) is 11.3 Å². The van der Waals surface area contributed by atoms with Gasteiger partial charge in [0.1, 0.15) is 17.5 Å². The number of aliphatic hydroxyl groups excluding tert-OH is 2. The molecule has 4 fully saturated rings. The number of aliphatic hydroxyl groups is 2. The number of fused-ring (bicyclic) bond motifs is 4. The predicted octanol–water partition coefficient (Wildman–Crippen LogP) is 3.47. The minimum absolute atomic E-state index is 0.0489. The molecule has 5 unspecified atom stereocenters. The second-order valence-corrected chi connectivity index (χ2v) is 9.51. The molecule has 0 radical (unpaired) electrons. The van der Waals surface area contributed by atoms with Crippen LogP contribution in [0, 0.1) is 39.9 Å². The maximum Gasteiger partial charge on any atom is 0.146 e. The van der Waals surface area contributed by atoms with E-state index < -0.39 is 0 Å². The molecule has 24 heavy (non-hydrogen) atoms. The van der Waals surface area contributed by atoms with Gasteiger partial charge in [-0.2, -0.15) is 5.26 Å². The van der Waals surface area contributed by atoms with Crippen molar-refractivity contribution in [1.82, 2.24) is 0 Å². The third-order valence-electron chi connectivity index (χ3n) is 8.95. The lowest BCUT2D eigenvalue weighted by atomic mass is 9.45. The highest BCUT2D eigenvalue weighted by atomic mass is 16.6. The van der Waals surface area contributed by atoms with Crippen molar-refractivity contribution in [2.75, 3.05) is 0 Å². The molecule has 5 aliphatic rings. The Morgan fingerprint density at radius 3 is 2.67 bits per heavy atom. The number of hydrogen-bond donors (Lipinski definition) is 2. The summed E-state index contributed by atoms with van der Waals surface area (Å²) in [6.07, 6.45) is 6.65. The summed E-state index contributed by atoms with van der Waals surface area (Å²) in [6.45, 7) is 4.60. The van der Waals surface area contributed by atoms with Crippen molar-refractivity contribution in [2.45, 2.75) is 76.6 Å². The molecule has 4 aliphatic carbocycles. The molecule has 3 saturated carbocycles. The van der Waals surface area contributed by atoms with Crippen LogP contribution in [0.1, 0.15) is 58.8 Å². The number of epoxide rings is 1. The number of nitrogens with zero attached hydrogens (tertiary/aromatic N) is 1. The Balaban J connectivity index is 1.55. The molecule has 2 N–H and O–H groups in total. The molecule has 1 spiro atoms. The van der Waals surface area contributed by atoms with Crippen LogP contribution in [-0.2, 0) is 4.74 Å². The van der Waals surface area contributed by atoms with Crippen LogP contribution >= 0.6 is 0 Å². The van der Waals surface area contributed by atoms with Gasteiger partial charge in [0.05, 0.1) is 17.7 Å². The number of rotatable bonds is 0. The molecule has 0 aromatic heterocycles. The second-order valence-electron chi connectivity index (χ2n) is 9.51. The van der Waals surface area contributed by atoms with Gasteiger partial charge < -0.3 is 14.9 Å². The lowest BCUT2D eigenvalue weighted by molar-refractivity contribution is -0.116. The lowest BCUT2D eigenvalue weighted by Crippen LogP contribution is -2.57. The molecule has 1 saturated heterocycles. The largest absolute Gasteiger partial charge is 0.508 e. The van der Waals surface area contributed by atoms with Crippen LogP contribution in [0.15, 0.2) is 11.3 Å². The summed E-state index contributed by atoms with van der Waals surface area (Å²) in [5, 5.41) is 30.4. The van der Waals surface area contributed by atoms with E-state index in [-0.39, 0.29) is 34.4 Å². The van der Waals surface area contributed by atoms with E-state index >= 15 is 0 Å². The van der Waals surface area contributed by atoms with Gasteiger partial charge in [-0.3, -0.25) is 0 Å². The summed E-state index contributed by atoms with van der Waals surface area (Å²) in [7, 11) is 0. The first-order valence-corrected chi connectivity index (χ1v) is 9.55. The number of ether oxygens (including phenoxy) is 1. The Hall–Kier alpha value is -1.05. The van der Waals surface area contributed by atoms with Crippen LogP contribution in [0.4, 0.5) is 0 Å². The van der Waals surface area contributed by atoms with Gasteiger partial charge in [0.2, 0.25) is 0 Å². The van der Waals surface area contributed by atoms with Gasteiger partial charge >= 0.3 is 0 Å². The highest BCUT2D eigenvalue weighted by Gasteiger charge is 2.76. The summed E-state index contributed by atoms with van der Waals surface area (Å²) in [6, 6.07) is 2.23. The maximum absolute atomic E-state index is 10.5. The van der Waals surface area contributed by atoms with Crippen molar-refractivity contribution in [3.8, 4) is 6.07 Å². The number of allylic oxidation sites excluding steroid dienone is 1. The Labute approximate surface area is 143 Å². The van der Waals surface area contributed by atoms with Crippen LogP contribution < -0.4 is 0 Å².